The van der Waals surface area contributed by atoms with Crippen molar-refractivity contribution in [3.63, 3.8) is 0 Å². The van der Waals surface area contributed by atoms with Crippen molar-refractivity contribution in [1.82, 2.24) is 10.2 Å². The van der Waals surface area contributed by atoms with Crippen molar-refractivity contribution in [2.45, 2.75) is 112 Å². The molecule has 0 saturated carbocycles. The highest BCUT2D eigenvalue weighted by Crippen LogP contribution is 2.70. The summed E-state index contributed by atoms with van der Waals surface area (Å²) in [7, 11) is -1.75. The number of likely N-dealkylation sites (N-methyl/N-ethyl adjacent to an activating group) is 1. The zero-order valence-electron chi connectivity index (χ0n) is 23.3. The van der Waals surface area contributed by atoms with Crippen LogP contribution in [0.3, 0.4) is 0 Å². The summed E-state index contributed by atoms with van der Waals surface area (Å²) in [4.78, 5) is 2.51. The Kier molecular flexibility index (Phi) is 10.8. The van der Waals surface area contributed by atoms with Crippen molar-refractivity contribution in [2.24, 2.45) is 4.74 Å². The number of allylic oxidation sites excluding steroid dienone is 2. The highest BCUT2D eigenvalue weighted by Gasteiger charge is 2.36. The van der Waals surface area contributed by atoms with Crippen LogP contribution in [0.15, 0.2) is 34.0 Å². The largest absolute Gasteiger partial charge is 0.387 e. The molecule has 0 atom stereocenters. The lowest BCUT2D eigenvalue weighted by Gasteiger charge is -2.36. The van der Waals surface area contributed by atoms with Crippen LogP contribution in [0, 0.1) is 0 Å². The molecule has 2 rings (SSSR count). The number of benzene rings is 1. The molecule has 0 spiro atoms. The van der Waals surface area contributed by atoms with E-state index in [1.165, 1.54) is 41.8 Å². The Labute approximate surface area is 205 Å². The lowest BCUT2D eigenvalue weighted by Crippen LogP contribution is -2.31. The molecule has 0 fully saturated rings. The van der Waals surface area contributed by atoms with Gasteiger partial charge in [-0.1, -0.05) is 87.4 Å². The van der Waals surface area contributed by atoms with Crippen LogP contribution in [0.4, 0.5) is 5.69 Å². The molecule has 188 valence electrons. The average Bonchev–Trinajstić information content (AvgIpc) is 3.22. The van der Waals surface area contributed by atoms with E-state index >= 15 is 0 Å². The molecule has 1 N–H and O–H groups in total. The van der Waals surface area contributed by atoms with Crippen molar-refractivity contribution in [1.29, 1.82) is 0 Å². The number of hydrogen-bond acceptors (Lipinski definition) is 3. The quantitative estimate of drug-likeness (QED) is 0.307. The summed E-state index contributed by atoms with van der Waals surface area (Å²) in [6.07, 6.45) is 3.66. The molecule has 1 aromatic carbocycles. The zero-order chi connectivity index (χ0) is 24.8. The third-order valence-electron chi connectivity index (χ3n) is 7.46. The Morgan fingerprint density at radius 1 is 0.879 bits per heavy atom. The van der Waals surface area contributed by atoms with Crippen molar-refractivity contribution in [2.75, 3.05) is 26.2 Å². The maximum Gasteiger partial charge on any atom is 0.0686 e. The maximum absolute atomic E-state index is 5.94. The van der Waals surface area contributed by atoms with Gasteiger partial charge in [0.15, 0.2) is 0 Å². The molecule has 0 amide bonds. The maximum atomic E-state index is 5.94. The number of nitrogens with zero attached hydrogens (tertiary/aromatic N) is 2. The molecular formula is C29H52N3P. The van der Waals surface area contributed by atoms with Gasteiger partial charge in [-0.2, -0.15) is 0 Å². The van der Waals surface area contributed by atoms with Gasteiger partial charge in [-0.3, -0.25) is 4.74 Å². The molecule has 0 aliphatic heterocycles. The number of hydrogen-bond donors (Lipinski definition) is 1. The van der Waals surface area contributed by atoms with E-state index in [1.807, 2.05) is 0 Å². The fourth-order valence-electron chi connectivity index (χ4n) is 5.52. The minimum Gasteiger partial charge on any atom is -0.387 e. The van der Waals surface area contributed by atoms with E-state index < -0.39 is 7.05 Å². The van der Waals surface area contributed by atoms with Crippen LogP contribution in [-0.2, 0) is 0 Å². The molecular weight excluding hydrogens is 421 g/mol. The van der Waals surface area contributed by atoms with Gasteiger partial charge in [-0.15, -0.1) is 0 Å². The van der Waals surface area contributed by atoms with Crippen LogP contribution in [0.25, 0.3) is 0 Å². The molecule has 0 aromatic heterocycles. The smallest absolute Gasteiger partial charge is 0.0686 e. The molecule has 0 heterocycles. The van der Waals surface area contributed by atoms with Crippen LogP contribution < -0.4 is 5.32 Å². The van der Waals surface area contributed by atoms with Gasteiger partial charge in [0.2, 0.25) is 0 Å². The van der Waals surface area contributed by atoms with Crippen molar-refractivity contribution in [3.05, 3.63) is 40.3 Å². The highest BCUT2D eigenvalue weighted by atomic mass is 31.2. The molecule has 4 heteroatoms. The number of rotatable bonds is 12. The van der Waals surface area contributed by atoms with Crippen molar-refractivity contribution in [3.8, 4) is 0 Å². The first kappa shape index (κ1) is 28.2. The lowest BCUT2D eigenvalue weighted by atomic mass is 9.93. The summed E-state index contributed by atoms with van der Waals surface area (Å²) >= 11 is 0. The second kappa shape index (κ2) is 12.6. The Balaban J connectivity index is 2.69. The molecule has 0 radical (unpaired) electrons. The normalized spacial score (nSPS) is 15.1. The first-order valence-electron chi connectivity index (χ1n) is 13.5. The van der Waals surface area contributed by atoms with Crippen molar-refractivity contribution >= 4 is 12.7 Å². The first-order valence-corrected chi connectivity index (χ1v) is 15.4. The predicted molar refractivity (Wildman–Crippen MR) is 151 cm³/mol. The van der Waals surface area contributed by atoms with Crippen LogP contribution in [0.1, 0.15) is 111 Å². The first-order chi connectivity index (χ1) is 15.6. The molecule has 0 saturated heterocycles. The highest BCUT2D eigenvalue weighted by molar-refractivity contribution is 7.72. The summed E-state index contributed by atoms with van der Waals surface area (Å²) in [5.74, 6) is 0.959. The molecule has 0 bridgehead atoms. The molecule has 3 nitrogen and oxygen atoms in total. The van der Waals surface area contributed by atoms with E-state index in [9.17, 15) is 0 Å². The summed E-state index contributed by atoms with van der Waals surface area (Å²) in [6, 6.07) is 6.87. The summed E-state index contributed by atoms with van der Waals surface area (Å²) < 4.78 is 5.94. The molecule has 1 aliphatic rings. The molecule has 1 aromatic rings. The van der Waals surface area contributed by atoms with Gasteiger partial charge in [0.1, 0.15) is 0 Å². The fourth-order valence-corrected chi connectivity index (χ4v) is 10.2. The van der Waals surface area contributed by atoms with Crippen LogP contribution in [-0.4, -0.2) is 42.4 Å². The van der Waals surface area contributed by atoms with Gasteiger partial charge in [-0.05, 0) is 71.9 Å². The monoisotopic (exact) mass is 473 g/mol. The van der Waals surface area contributed by atoms with Crippen molar-refractivity contribution < 1.29 is 0 Å². The van der Waals surface area contributed by atoms with Gasteiger partial charge < -0.3 is 10.2 Å². The Hall–Kier alpha value is -1.05. The zero-order valence-corrected chi connectivity index (χ0v) is 24.2. The topological polar surface area (TPSA) is 27.6 Å². The van der Waals surface area contributed by atoms with E-state index in [0.717, 1.165) is 26.2 Å². The minimum absolute atomic E-state index is 0.480. The summed E-state index contributed by atoms with van der Waals surface area (Å²) in [5.41, 5.74) is 6.76. The average molecular weight is 474 g/mol. The van der Waals surface area contributed by atoms with E-state index in [0.29, 0.717) is 23.2 Å². The lowest BCUT2D eigenvalue weighted by molar-refractivity contribution is 0.305. The molecule has 33 heavy (non-hydrogen) atoms. The molecule has 0 unspecified atom stereocenters. The Morgan fingerprint density at radius 3 is 1.88 bits per heavy atom. The second-order valence-corrected chi connectivity index (χ2v) is 15.1. The summed E-state index contributed by atoms with van der Waals surface area (Å²) in [6.45, 7) is 27.9. The SMILES string of the molecule is CCN(CC)CCNC1=C(P(=Nc2c(C(C)C)cccc2C(C)C)(C(C)C)C(C)C)CCC1. The van der Waals surface area contributed by atoms with Crippen LogP contribution in [0.5, 0.6) is 0 Å². The van der Waals surface area contributed by atoms with Gasteiger partial charge in [0, 0.05) is 25.8 Å². The van der Waals surface area contributed by atoms with E-state index in [2.05, 4.69) is 97.7 Å². The van der Waals surface area contributed by atoms with Gasteiger partial charge in [0.05, 0.1) is 5.69 Å². The third-order valence-corrected chi connectivity index (χ3v) is 12.5. The Bertz CT molecular complexity index is 806. The van der Waals surface area contributed by atoms with Gasteiger partial charge in [0.25, 0.3) is 0 Å². The standard InChI is InChI=1S/C29H52N3P/c1-11-32(12-2)20-19-30-27-17-14-18-28(27)33(23(7)8,24(9)10)31-29-25(21(3)4)15-13-16-26(29)22(5)6/h13,15-16,21-24,30H,11-12,14,17-20H2,1-10H3. The van der Waals surface area contributed by atoms with Crippen LogP contribution in [0.2, 0.25) is 0 Å². The minimum atomic E-state index is -1.75. The summed E-state index contributed by atoms with van der Waals surface area (Å²) in [5, 5.41) is 5.59. The fraction of sp³-hybridized carbons (Fsp3) is 0.724. The van der Waals surface area contributed by atoms with Gasteiger partial charge in [-0.25, -0.2) is 0 Å². The predicted octanol–water partition coefficient (Wildman–Crippen LogP) is 8.91. The van der Waals surface area contributed by atoms with E-state index in [4.69, 9.17) is 4.74 Å². The number of nitrogens with one attached hydrogen (secondary N) is 1. The van der Waals surface area contributed by atoms with Crippen LogP contribution >= 0.6 is 7.05 Å². The van der Waals surface area contributed by atoms with E-state index in [1.54, 1.807) is 5.31 Å². The Morgan fingerprint density at radius 2 is 1.42 bits per heavy atom. The second-order valence-electron chi connectivity index (χ2n) is 10.9. The van der Waals surface area contributed by atoms with E-state index in [-0.39, 0.29) is 0 Å². The third kappa shape index (κ3) is 6.34. The molecule has 1 aliphatic carbocycles. The van der Waals surface area contributed by atoms with Gasteiger partial charge >= 0.3 is 0 Å².